The first-order valence-corrected chi connectivity index (χ1v) is 6.54. The van der Waals surface area contributed by atoms with E-state index in [1.54, 1.807) is 6.20 Å². The van der Waals surface area contributed by atoms with Crippen molar-refractivity contribution in [1.82, 2.24) is 15.3 Å². The van der Waals surface area contributed by atoms with Gasteiger partial charge in [0.25, 0.3) is 5.91 Å². The first-order valence-electron chi connectivity index (χ1n) is 6.54. The molecule has 1 heterocycles. The largest absolute Gasteiger partial charge is 0.369 e. The second kappa shape index (κ2) is 7.63. The Bertz CT molecular complexity index is 381. The molecule has 0 aliphatic rings. The summed E-state index contributed by atoms with van der Waals surface area (Å²) in [7, 11) is 0. The second-order valence-electron chi connectivity index (χ2n) is 4.38. The number of rotatable bonds is 7. The lowest BCUT2D eigenvalue weighted by Crippen LogP contribution is -2.33. The first kappa shape index (κ1) is 14.4. The molecule has 0 aliphatic heterocycles. The topological polar surface area (TPSA) is 66.9 Å². The molecular formula is C13H22N4O. The number of anilines is 1. The summed E-state index contributed by atoms with van der Waals surface area (Å²) >= 11 is 0. The van der Waals surface area contributed by atoms with Crippen molar-refractivity contribution in [3.8, 4) is 0 Å². The number of nitrogens with one attached hydrogen (secondary N) is 2. The number of hydrogen-bond donors (Lipinski definition) is 2. The molecule has 0 spiro atoms. The predicted octanol–water partition coefficient (Wildman–Crippen LogP) is 2.22. The van der Waals surface area contributed by atoms with Gasteiger partial charge in [0.2, 0.25) is 0 Å². The van der Waals surface area contributed by atoms with Gasteiger partial charge in [0.1, 0.15) is 11.5 Å². The summed E-state index contributed by atoms with van der Waals surface area (Å²) in [6, 6.07) is 0.163. The van der Waals surface area contributed by atoms with E-state index < -0.39 is 0 Å². The predicted molar refractivity (Wildman–Crippen MR) is 72.6 cm³/mol. The molecule has 1 aromatic heterocycles. The number of aromatic nitrogens is 2. The molecule has 100 valence electrons. The number of carbonyl (C=O) groups is 1. The SMILES string of the molecule is CCCNc1cncc(C(=O)NC(C)CCC)n1. The van der Waals surface area contributed by atoms with Gasteiger partial charge < -0.3 is 10.6 Å². The lowest BCUT2D eigenvalue weighted by molar-refractivity contribution is 0.0933. The molecule has 5 heteroatoms. The number of hydrogen-bond acceptors (Lipinski definition) is 4. The van der Waals surface area contributed by atoms with Crippen LogP contribution >= 0.6 is 0 Å². The Morgan fingerprint density at radius 1 is 1.33 bits per heavy atom. The van der Waals surface area contributed by atoms with E-state index in [9.17, 15) is 4.79 Å². The Labute approximate surface area is 108 Å². The molecule has 0 aromatic carbocycles. The molecule has 18 heavy (non-hydrogen) atoms. The van der Waals surface area contributed by atoms with E-state index in [2.05, 4.69) is 34.4 Å². The number of amides is 1. The van der Waals surface area contributed by atoms with Gasteiger partial charge >= 0.3 is 0 Å². The summed E-state index contributed by atoms with van der Waals surface area (Å²) in [5.74, 6) is 0.483. The van der Waals surface area contributed by atoms with Gasteiger partial charge in [-0.25, -0.2) is 4.98 Å². The van der Waals surface area contributed by atoms with Crippen molar-refractivity contribution in [3.05, 3.63) is 18.1 Å². The zero-order valence-corrected chi connectivity index (χ0v) is 11.4. The van der Waals surface area contributed by atoms with Gasteiger partial charge in [-0.1, -0.05) is 20.3 Å². The van der Waals surface area contributed by atoms with Crippen LogP contribution in [0.5, 0.6) is 0 Å². The minimum absolute atomic E-state index is 0.163. The third-order valence-electron chi connectivity index (χ3n) is 2.52. The van der Waals surface area contributed by atoms with E-state index in [0.717, 1.165) is 25.8 Å². The van der Waals surface area contributed by atoms with E-state index in [1.165, 1.54) is 6.20 Å². The summed E-state index contributed by atoms with van der Waals surface area (Å²) in [4.78, 5) is 20.2. The molecule has 1 unspecified atom stereocenters. The zero-order valence-electron chi connectivity index (χ0n) is 11.4. The van der Waals surface area contributed by atoms with Crippen molar-refractivity contribution < 1.29 is 4.79 Å². The van der Waals surface area contributed by atoms with Gasteiger partial charge in [0.15, 0.2) is 0 Å². The third kappa shape index (κ3) is 4.69. The van der Waals surface area contributed by atoms with Crippen molar-refractivity contribution in [3.63, 3.8) is 0 Å². The smallest absolute Gasteiger partial charge is 0.271 e. The minimum Gasteiger partial charge on any atom is -0.369 e. The van der Waals surface area contributed by atoms with E-state index in [4.69, 9.17) is 0 Å². The second-order valence-corrected chi connectivity index (χ2v) is 4.38. The van der Waals surface area contributed by atoms with Crippen molar-refractivity contribution in [2.45, 2.75) is 46.1 Å². The maximum atomic E-state index is 11.9. The van der Waals surface area contributed by atoms with Crippen LogP contribution in [0.2, 0.25) is 0 Å². The fourth-order valence-electron chi connectivity index (χ4n) is 1.62. The van der Waals surface area contributed by atoms with Gasteiger partial charge in [-0.2, -0.15) is 0 Å². The lowest BCUT2D eigenvalue weighted by atomic mass is 10.2. The maximum absolute atomic E-state index is 11.9. The Morgan fingerprint density at radius 2 is 2.11 bits per heavy atom. The van der Waals surface area contributed by atoms with E-state index >= 15 is 0 Å². The fourth-order valence-corrected chi connectivity index (χ4v) is 1.62. The molecule has 2 N–H and O–H groups in total. The molecule has 1 rings (SSSR count). The molecule has 0 fully saturated rings. The van der Waals surface area contributed by atoms with Gasteiger partial charge in [0, 0.05) is 12.6 Å². The van der Waals surface area contributed by atoms with E-state index in [-0.39, 0.29) is 11.9 Å². The van der Waals surface area contributed by atoms with Crippen LogP contribution in [0.4, 0.5) is 5.82 Å². The molecular weight excluding hydrogens is 228 g/mol. The van der Waals surface area contributed by atoms with Crippen LogP contribution in [0.3, 0.4) is 0 Å². The van der Waals surface area contributed by atoms with Gasteiger partial charge in [-0.05, 0) is 19.8 Å². The first-order chi connectivity index (χ1) is 8.67. The normalized spacial score (nSPS) is 11.9. The van der Waals surface area contributed by atoms with Gasteiger partial charge in [-0.3, -0.25) is 9.78 Å². The van der Waals surface area contributed by atoms with E-state index in [1.807, 2.05) is 6.92 Å². The van der Waals surface area contributed by atoms with Gasteiger partial charge in [0.05, 0.1) is 12.4 Å². The summed E-state index contributed by atoms with van der Waals surface area (Å²) in [6.45, 7) is 6.99. The van der Waals surface area contributed by atoms with Crippen molar-refractivity contribution in [2.24, 2.45) is 0 Å². The van der Waals surface area contributed by atoms with Crippen LogP contribution in [0.1, 0.15) is 50.5 Å². The summed E-state index contributed by atoms with van der Waals surface area (Å²) in [5, 5.41) is 6.03. The highest BCUT2D eigenvalue weighted by Crippen LogP contribution is 2.03. The molecule has 0 bridgehead atoms. The average Bonchev–Trinajstić information content (AvgIpc) is 2.37. The average molecular weight is 250 g/mol. The van der Waals surface area contributed by atoms with Crippen LogP contribution in [-0.4, -0.2) is 28.5 Å². The summed E-state index contributed by atoms with van der Waals surface area (Å²) in [6.07, 6.45) is 6.14. The quantitative estimate of drug-likeness (QED) is 0.778. The number of nitrogens with zero attached hydrogens (tertiary/aromatic N) is 2. The highest BCUT2D eigenvalue weighted by atomic mass is 16.1. The monoisotopic (exact) mass is 250 g/mol. The maximum Gasteiger partial charge on any atom is 0.271 e. The third-order valence-corrected chi connectivity index (χ3v) is 2.52. The zero-order chi connectivity index (χ0) is 13.4. The molecule has 0 aliphatic carbocycles. The van der Waals surface area contributed by atoms with Crippen molar-refractivity contribution >= 4 is 11.7 Å². The molecule has 0 radical (unpaired) electrons. The van der Waals surface area contributed by atoms with Crippen LogP contribution in [0.25, 0.3) is 0 Å². The van der Waals surface area contributed by atoms with Crippen molar-refractivity contribution in [1.29, 1.82) is 0 Å². The van der Waals surface area contributed by atoms with Crippen molar-refractivity contribution in [2.75, 3.05) is 11.9 Å². The van der Waals surface area contributed by atoms with Crippen LogP contribution in [-0.2, 0) is 0 Å². The molecule has 1 atom stereocenters. The standard InChI is InChI=1S/C13H22N4O/c1-4-6-10(3)16-13(18)11-8-14-9-12(17-11)15-7-5-2/h8-10H,4-7H2,1-3H3,(H,15,17)(H,16,18). The highest BCUT2D eigenvalue weighted by molar-refractivity contribution is 5.92. The fraction of sp³-hybridized carbons (Fsp3) is 0.615. The van der Waals surface area contributed by atoms with Crippen LogP contribution in [0.15, 0.2) is 12.4 Å². The summed E-state index contributed by atoms with van der Waals surface area (Å²) in [5.41, 5.74) is 0.360. The Morgan fingerprint density at radius 3 is 2.78 bits per heavy atom. The molecule has 1 amide bonds. The van der Waals surface area contributed by atoms with E-state index in [0.29, 0.717) is 11.5 Å². The highest BCUT2D eigenvalue weighted by Gasteiger charge is 2.11. The Balaban J connectivity index is 2.62. The van der Waals surface area contributed by atoms with Crippen LogP contribution in [0, 0.1) is 0 Å². The Kier molecular flexibility index (Phi) is 6.11. The molecule has 1 aromatic rings. The van der Waals surface area contributed by atoms with Crippen LogP contribution < -0.4 is 10.6 Å². The summed E-state index contributed by atoms with van der Waals surface area (Å²) < 4.78 is 0. The number of carbonyl (C=O) groups excluding carboxylic acids is 1. The Hall–Kier alpha value is -1.65. The lowest BCUT2D eigenvalue weighted by Gasteiger charge is -2.12. The van der Waals surface area contributed by atoms with Gasteiger partial charge in [-0.15, -0.1) is 0 Å². The molecule has 0 saturated heterocycles. The minimum atomic E-state index is -0.163. The molecule has 5 nitrogen and oxygen atoms in total. The molecule has 0 saturated carbocycles.